The van der Waals surface area contributed by atoms with Crippen LogP contribution in [-0.4, -0.2) is 17.1 Å². The molecule has 1 aromatic carbocycles. The number of carboxylic acid groups (broad SMARTS) is 1. The van der Waals surface area contributed by atoms with Gasteiger partial charge in [0.2, 0.25) is 0 Å². The average molecular weight is 263 g/mol. The number of carbonyl (C=O) groups is 1. The zero-order chi connectivity index (χ0) is 14.4. The van der Waals surface area contributed by atoms with Gasteiger partial charge in [0.15, 0.2) is 0 Å². The van der Waals surface area contributed by atoms with Crippen molar-refractivity contribution in [1.82, 2.24) is 5.32 Å². The monoisotopic (exact) mass is 263 g/mol. The molecule has 0 bridgehead atoms. The third-order valence-electron chi connectivity index (χ3n) is 3.30. The fraction of sp³-hybridized carbons (Fsp3) is 0.562. The van der Waals surface area contributed by atoms with Gasteiger partial charge in [-0.15, -0.1) is 0 Å². The summed E-state index contributed by atoms with van der Waals surface area (Å²) < 4.78 is 0. The van der Waals surface area contributed by atoms with Crippen LogP contribution in [0.15, 0.2) is 24.3 Å². The summed E-state index contributed by atoms with van der Waals surface area (Å²) in [5.74, 6) is -0.400. The van der Waals surface area contributed by atoms with E-state index in [0.717, 1.165) is 12.0 Å². The minimum atomic E-state index is -0.765. The van der Waals surface area contributed by atoms with Crippen molar-refractivity contribution in [1.29, 1.82) is 0 Å². The molecule has 106 valence electrons. The van der Waals surface area contributed by atoms with E-state index < -0.39 is 12.0 Å². The van der Waals surface area contributed by atoms with Crippen LogP contribution < -0.4 is 5.32 Å². The molecule has 0 fully saturated rings. The van der Waals surface area contributed by atoms with Gasteiger partial charge in [-0.1, -0.05) is 50.6 Å². The van der Waals surface area contributed by atoms with E-state index in [9.17, 15) is 9.90 Å². The van der Waals surface area contributed by atoms with Crippen LogP contribution in [0, 0.1) is 12.8 Å². The van der Waals surface area contributed by atoms with Gasteiger partial charge in [-0.3, -0.25) is 10.1 Å². The van der Waals surface area contributed by atoms with Gasteiger partial charge in [0, 0.05) is 6.04 Å². The molecule has 2 atom stereocenters. The predicted octanol–water partition coefficient (Wildman–Crippen LogP) is 3.54. The molecule has 1 aromatic rings. The Kier molecular flexibility index (Phi) is 6.03. The molecule has 0 aliphatic heterocycles. The minimum Gasteiger partial charge on any atom is -0.480 e. The molecule has 0 saturated heterocycles. The van der Waals surface area contributed by atoms with Gasteiger partial charge in [-0.05, 0) is 31.2 Å². The zero-order valence-corrected chi connectivity index (χ0v) is 12.3. The maximum absolute atomic E-state index is 11.3. The average Bonchev–Trinajstić information content (AvgIpc) is 2.35. The summed E-state index contributed by atoms with van der Waals surface area (Å²) in [5.41, 5.74) is 2.37. The van der Waals surface area contributed by atoms with Crippen molar-refractivity contribution in [3.63, 3.8) is 0 Å². The second kappa shape index (κ2) is 7.29. The van der Waals surface area contributed by atoms with Crippen molar-refractivity contribution in [2.45, 2.75) is 52.6 Å². The van der Waals surface area contributed by atoms with E-state index in [-0.39, 0.29) is 6.04 Å². The molecular formula is C16H25NO2. The first kappa shape index (κ1) is 15.7. The van der Waals surface area contributed by atoms with Crippen LogP contribution in [0.1, 0.15) is 50.8 Å². The Morgan fingerprint density at radius 2 is 1.84 bits per heavy atom. The largest absolute Gasteiger partial charge is 0.480 e. The molecule has 0 saturated carbocycles. The lowest BCUT2D eigenvalue weighted by Crippen LogP contribution is -2.40. The van der Waals surface area contributed by atoms with Gasteiger partial charge in [-0.2, -0.15) is 0 Å². The lowest BCUT2D eigenvalue weighted by molar-refractivity contribution is -0.140. The number of aryl methyl sites for hydroxylation is 1. The van der Waals surface area contributed by atoms with E-state index in [4.69, 9.17) is 0 Å². The van der Waals surface area contributed by atoms with Crippen molar-refractivity contribution >= 4 is 5.97 Å². The van der Waals surface area contributed by atoms with Crippen LogP contribution >= 0.6 is 0 Å². The minimum absolute atomic E-state index is 0.0976. The highest BCUT2D eigenvalue weighted by molar-refractivity contribution is 5.73. The van der Waals surface area contributed by atoms with E-state index in [1.165, 1.54) is 5.56 Å². The first-order chi connectivity index (χ1) is 8.93. The highest BCUT2D eigenvalue weighted by Crippen LogP contribution is 2.19. The number of benzene rings is 1. The molecule has 0 amide bonds. The van der Waals surface area contributed by atoms with E-state index in [0.29, 0.717) is 12.3 Å². The summed E-state index contributed by atoms with van der Waals surface area (Å²) in [5, 5.41) is 12.6. The number of rotatable bonds is 7. The van der Waals surface area contributed by atoms with Gasteiger partial charge >= 0.3 is 5.97 Å². The number of carboxylic acids is 1. The predicted molar refractivity (Wildman–Crippen MR) is 78.2 cm³/mol. The molecule has 0 aliphatic carbocycles. The summed E-state index contributed by atoms with van der Waals surface area (Å²) in [6.07, 6.45) is 1.53. The molecule has 0 aliphatic rings. The normalized spacial score (nSPS) is 14.4. The topological polar surface area (TPSA) is 49.3 Å². The zero-order valence-electron chi connectivity index (χ0n) is 12.3. The lowest BCUT2D eigenvalue weighted by Gasteiger charge is -2.24. The van der Waals surface area contributed by atoms with Crippen molar-refractivity contribution < 1.29 is 9.90 Å². The molecule has 0 aromatic heterocycles. The second-order valence-electron chi connectivity index (χ2n) is 5.56. The van der Waals surface area contributed by atoms with E-state index >= 15 is 0 Å². The van der Waals surface area contributed by atoms with Crippen LogP contribution in [0.25, 0.3) is 0 Å². The van der Waals surface area contributed by atoms with Crippen LogP contribution in [-0.2, 0) is 4.79 Å². The molecule has 0 spiro atoms. The number of nitrogens with one attached hydrogen (secondary N) is 1. The number of aliphatic carboxylic acids is 1. The first-order valence-corrected chi connectivity index (χ1v) is 6.99. The molecule has 1 rings (SSSR count). The Morgan fingerprint density at radius 1 is 1.26 bits per heavy atom. The van der Waals surface area contributed by atoms with Gasteiger partial charge in [0.25, 0.3) is 0 Å². The van der Waals surface area contributed by atoms with Crippen LogP contribution in [0.3, 0.4) is 0 Å². The van der Waals surface area contributed by atoms with Crippen LogP contribution in [0.2, 0.25) is 0 Å². The standard InChI is InChI=1S/C16H25NO2/c1-5-14(13-8-6-12(4)7-9-13)17-15(16(18)19)10-11(2)3/h6-9,11,14-15,17H,5,10H2,1-4H3,(H,18,19). The van der Waals surface area contributed by atoms with Crippen molar-refractivity contribution in [2.75, 3.05) is 0 Å². The molecule has 2 N–H and O–H groups in total. The van der Waals surface area contributed by atoms with Gasteiger partial charge in [0.05, 0.1) is 0 Å². The number of hydrogen-bond donors (Lipinski definition) is 2. The quantitative estimate of drug-likeness (QED) is 0.791. The van der Waals surface area contributed by atoms with Gasteiger partial charge in [0.1, 0.15) is 6.04 Å². The summed E-state index contributed by atoms with van der Waals surface area (Å²) >= 11 is 0. The maximum atomic E-state index is 11.3. The van der Waals surface area contributed by atoms with E-state index in [2.05, 4.69) is 43.4 Å². The molecule has 19 heavy (non-hydrogen) atoms. The number of hydrogen-bond acceptors (Lipinski definition) is 2. The summed E-state index contributed by atoms with van der Waals surface area (Å²) in [7, 11) is 0. The fourth-order valence-corrected chi connectivity index (χ4v) is 2.20. The molecule has 0 heterocycles. The van der Waals surface area contributed by atoms with Crippen molar-refractivity contribution in [3.8, 4) is 0 Å². The summed E-state index contributed by atoms with van der Waals surface area (Å²) in [6.45, 7) is 8.22. The van der Waals surface area contributed by atoms with Crippen LogP contribution in [0.5, 0.6) is 0 Å². The fourth-order valence-electron chi connectivity index (χ4n) is 2.20. The Labute approximate surface area is 116 Å². The Balaban J connectivity index is 2.79. The summed E-state index contributed by atoms with van der Waals surface area (Å²) in [6, 6.07) is 7.90. The van der Waals surface area contributed by atoms with Gasteiger partial charge in [-0.25, -0.2) is 0 Å². The molecule has 2 unspecified atom stereocenters. The maximum Gasteiger partial charge on any atom is 0.320 e. The van der Waals surface area contributed by atoms with Crippen molar-refractivity contribution in [3.05, 3.63) is 35.4 Å². The second-order valence-corrected chi connectivity index (χ2v) is 5.56. The SMILES string of the molecule is CCC(NC(CC(C)C)C(=O)O)c1ccc(C)cc1. The molecule has 3 heteroatoms. The third kappa shape index (κ3) is 5.03. The Morgan fingerprint density at radius 3 is 2.26 bits per heavy atom. The highest BCUT2D eigenvalue weighted by Gasteiger charge is 2.22. The third-order valence-corrected chi connectivity index (χ3v) is 3.30. The van der Waals surface area contributed by atoms with E-state index in [1.54, 1.807) is 0 Å². The Bertz CT molecular complexity index is 398. The first-order valence-electron chi connectivity index (χ1n) is 6.99. The van der Waals surface area contributed by atoms with Crippen LogP contribution in [0.4, 0.5) is 0 Å². The lowest BCUT2D eigenvalue weighted by atomic mass is 9.99. The Hall–Kier alpha value is -1.35. The van der Waals surface area contributed by atoms with Crippen molar-refractivity contribution in [2.24, 2.45) is 5.92 Å². The molecule has 3 nitrogen and oxygen atoms in total. The van der Waals surface area contributed by atoms with E-state index in [1.807, 2.05) is 13.8 Å². The summed E-state index contributed by atoms with van der Waals surface area (Å²) in [4.78, 5) is 11.3. The smallest absolute Gasteiger partial charge is 0.320 e. The van der Waals surface area contributed by atoms with Gasteiger partial charge < -0.3 is 5.11 Å². The highest BCUT2D eigenvalue weighted by atomic mass is 16.4. The molecule has 0 radical (unpaired) electrons. The molecular weight excluding hydrogens is 238 g/mol.